The van der Waals surface area contributed by atoms with E-state index in [1.165, 1.54) is 0 Å². The van der Waals surface area contributed by atoms with E-state index in [0.717, 1.165) is 5.56 Å². The fraction of sp³-hybridized carbons (Fsp3) is 0.533. The van der Waals surface area contributed by atoms with Crippen molar-refractivity contribution in [3.05, 3.63) is 23.8 Å². The molecule has 6 nitrogen and oxygen atoms in total. The van der Waals surface area contributed by atoms with Gasteiger partial charge in [-0.3, -0.25) is 0 Å². The molecule has 3 N–H and O–H groups in total. The Morgan fingerprint density at radius 3 is 2.62 bits per heavy atom. The van der Waals surface area contributed by atoms with Gasteiger partial charge in [-0.15, -0.1) is 0 Å². The van der Waals surface area contributed by atoms with Crippen molar-refractivity contribution in [3.63, 3.8) is 0 Å². The van der Waals surface area contributed by atoms with Crippen molar-refractivity contribution in [2.24, 2.45) is 0 Å². The summed E-state index contributed by atoms with van der Waals surface area (Å²) < 4.78 is 15.7. The van der Waals surface area contributed by atoms with Crippen LogP contribution in [0.2, 0.25) is 0 Å². The Morgan fingerprint density at radius 2 is 2.05 bits per heavy atom. The number of rotatable bonds is 6. The van der Waals surface area contributed by atoms with E-state index in [9.17, 15) is 4.79 Å². The summed E-state index contributed by atoms with van der Waals surface area (Å²) in [5.41, 5.74) is 6.84. The molecule has 0 unspecified atom stereocenters. The van der Waals surface area contributed by atoms with Gasteiger partial charge in [0.05, 0.1) is 26.0 Å². The molecule has 0 aliphatic carbocycles. The summed E-state index contributed by atoms with van der Waals surface area (Å²) in [7, 11) is 1.57. The fourth-order valence-electron chi connectivity index (χ4n) is 1.60. The zero-order valence-corrected chi connectivity index (χ0v) is 13.1. The first-order chi connectivity index (χ1) is 9.81. The third kappa shape index (κ3) is 6.85. The highest BCUT2D eigenvalue weighted by Crippen LogP contribution is 2.22. The molecule has 0 bridgehead atoms. The van der Waals surface area contributed by atoms with Crippen LogP contribution >= 0.6 is 0 Å². The van der Waals surface area contributed by atoms with Crippen LogP contribution in [0.15, 0.2) is 18.2 Å². The molecule has 0 atom stereocenters. The van der Waals surface area contributed by atoms with Gasteiger partial charge in [-0.25, -0.2) is 4.79 Å². The van der Waals surface area contributed by atoms with Gasteiger partial charge in [0.2, 0.25) is 0 Å². The van der Waals surface area contributed by atoms with Crippen LogP contribution in [0.5, 0.6) is 5.75 Å². The SMILES string of the molecule is COc1ccc(COCCNC(=O)OC(C)(C)C)cc1N. The van der Waals surface area contributed by atoms with E-state index in [1.54, 1.807) is 19.2 Å². The van der Waals surface area contributed by atoms with Crippen LogP contribution in [0, 0.1) is 0 Å². The summed E-state index contributed by atoms with van der Waals surface area (Å²) in [6, 6.07) is 5.49. The molecule has 0 fully saturated rings. The highest BCUT2D eigenvalue weighted by molar-refractivity contribution is 5.67. The number of benzene rings is 1. The molecule has 0 saturated heterocycles. The average molecular weight is 296 g/mol. The molecule has 0 aromatic heterocycles. The van der Waals surface area contributed by atoms with Crippen molar-refractivity contribution in [1.82, 2.24) is 5.32 Å². The first-order valence-electron chi connectivity index (χ1n) is 6.79. The monoisotopic (exact) mass is 296 g/mol. The van der Waals surface area contributed by atoms with E-state index in [-0.39, 0.29) is 0 Å². The molecule has 0 radical (unpaired) electrons. The maximum Gasteiger partial charge on any atom is 0.407 e. The van der Waals surface area contributed by atoms with Gasteiger partial charge in [0.25, 0.3) is 0 Å². The highest BCUT2D eigenvalue weighted by Gasteiger charge is 2.15. The normalized spacial score (nSPS) is 11.0. The van der Waals surface area contributed by atoms with Gasteiger partial charge in [-0.05, 0) is 38.5 Å². The molecule has 118 valence electrons. The Labute approximate surface area is 125 Å². The number of amides is 1. The molecule has 1 rings (SSSR count). The van der Waals surface area contributed by atoms with Crippen LogP contribution in [0.25, 0.3) is 0 Å². The molecule has 1 amide bonds. The molecule has 0 aliphatic heterocycles. The zero-order valence-electron chi connectivity index (χ0n) is 13.1. The topological polar surface area (TPSA) is 82.8 Å². The first-order valence-corrected chi connectivity index (χ1v) is 6.79. The van der Waals surface area contributed by atoms with Crippen LogP contribution in [0.3, 0.4) is 0 Å². The predicted octanol–water partition coefficient (Wildman–Crippen LogP) is 2.32. The quantitative estimate of drug-likeness (QED) is 0.622. The van der Waals surface area contributed by atoms with Gasteiger partial charge in [0, 0.05) is 6.54 Å². The second-order valence-electron chi connectivity index (χ2n) is 5.56. The number of carbonyl (C=O) groups is 1. The third-order valence-corrected chi connectivity index (χ3v) is 2.48. The smallest absolute Gasteiger partial charge is 0.407 e. The Bertz CT molecular complexity index is 469. The largest absolute Gasteiger partial charge is 0.495 e. The molecule has 0 saturated carbocycles. The van der Waals surface area contributed by atoms with Crippen LogP contribution in [-0.4, -0.2) is 32.0 Å². The minimum Gasteiger partial charge on any atom is -0.495 e. The fourth-order valence-corrected chi connectivity index (χ4v) is 1.60. The molecule has 6 heteroatoms. The number of alkyl carbamates (subject to hydrolysis) is 1. The maximum absolute atomic E-state index is 11.4. The number of nitrogens with two attached hydrogens (primary N) is 1. The number of nitrogen functional groups attached to an aromatic ring is 1. The summed E-state index contributed by atoms with van der Waals surface area (Å²) in [5, 5.41) is 2.62. The third-order valence-electron chi connectivity index (χ3n) is 2.48. The number of hydrogen-bond acceptors (Lipinski definition) is 5. The summed E-state index contributed by atoms with van der Waals surface area (Å²) >= 11 is 0. The van der Waals surface area contributed by atoms with Gasteiger partial charge in [-0.2, -0.15) is 0 Å². The van der Waals surface area contributed by atoms with Crippen LogP contribution in [0.4, 0.5) is 10.5 Å². The van der Waals surface area contributed by atoms with E-state index in [1.807, 2.05) is 26.8 Å². The molecular weight excluding hydrogens is 272 g/mol. The predicted molar refractivity (Wildman–Crippen MR) is 81.3 cm³/mol. The molecule has 0 heterocycles. The number of ether oxygens (including phenoxy) is 3. The van der Waals surface area contributed by atoms with Crippen molar-refractivity contribution < 1.29 is 19.0 Å². The van der Waals surface area contributed by atoms with E-state index >= 15 is 0 Å². The minimum atomic E-state index is -0.494. The van der Waals surface area contributed by atoms with Crippen LogP contribution < -0.4 is 15.8 Å². The standard InChI is InChI=1S/C15H24N2O4/c1-15(2,3)21-14(18)17-7-8-20-10-11-5-6-13(19-4)12(16)9-11/h5-6,9H,7-8,10,16H2,1-4H3,(H,17,18). The number of methoxy groups -OCH3 is 1. The van der Waals surface area contributed by atoms with E-state index < -0.39 is 11.7 Å². The summed E-state index contributed by atoms with van der Waals surface area (Å²) in [5.74, 6) is 0.644. The van der Waals surface area contributed by atoms with Crippen LogP contribution in [-0.2, 0) is 16.1 Å². The Hall–Kier alpha value is -1.95. The Balaban J connectivity index is 2.23. The number of carbonyl (C=O) groups excluding carboxylic acids is 1. The first kappa shape index (κ1) is 17.1. The van der Waals surface area contributed by atoms with Crippen molar-refractivity contribution in [3.8, 4) is 5.75 Å². The van der Waals surface area contributed by atoms with Gasteiger partial charge < -0.3 is 25.3 Å². The highest BCUT2D eigenvalue weighted by atomic mass is 16.6. The van der Waals surface area contributed by atoms with E-state index in [2.05, 4.69) is 5.32 Å². The van der Waals surface area contributed by atoms with Gasteiger partial charge in [0.15, 0.2) is 0 Å². The van der Waals surface area contributed by atoms with Crippen molar-refractivity contribution in [2.45, 2.75) is 33.0 Å². The second-order valence-corrected chi connectivity index (χ2v) is 5.56. The Kier molecular flexibility index (Phi) is 6.30. The number of hydrogen-bond donors (Lipinski definition) is 2. The molecule has 1 aromatic carbocycles. The second kappa shape index (κ2) is 7.73. The molecule has 0 aliphatic rings. The number of nitrogens with one attached hydrogen (secondary N) is 1. The van der Waals surface area contributed by atoms with Crippen molar-refractivity contribution >= 4 is 11.8 Å². The van der Waals surface area contributed by atoms with E-state index in [4.69, 9.17) is 19.9 Å². The molecule has 21 heavy (non-hydrogen) atoms. The van der Waals surface area contributed by atoms with E-state index in [0.29, 0.717) is 31.2 Å². The summed E-state index contributed by atoms with van der Waals surface area (Å²) in [6.45, 7) is 6.65. The van der Waals surface area contributed by atoms with Crippen molar-refractivity contribution in [2.75, 3.05) is 26.0 Å². The van der Waals surface area contributed by atoms with Gasteiger partial charge >= 0.3 is 6.09 Å². The minimum absolute atomic E-state index is 0.389. The van der Waals surface area contributed by atoms with Gasteiger partial charge in [0.1, 0.15) is 11.4 Å². The lowest BCUT2D eigenvalue weighted by Gasteiger charge is -2.19. The van der Waals surface area contributed by atoms with Gasteiger partial charge in [-0.1, -0.05) is 6.07 Å². The lowest BCUT2D eigenvalue weighted by atomic mass is 10.2. The van der Waals surface area contributed by atoms with Crippen LogP contribution in [0.1, 0.15) is 26.3 Å². The molecule has 0 spiro atoms. The number of anilines is 1. The molecular formula is C15H24N2O4. The Morgan fingerprint density at radius 1 is 1.33 bits per heavy atom. The zero-order chi connectivity index (χ0) is 15.9. The van der Waals surface area contributed by atoms with Crippen molar-refractivity contribution in [1.29, 1.82) is 0 Å². The lowest BCUT2D eigenvalue weighted by Crippen LogP contribution is -2.34. The summed E-state index contributed by atoms with van der Waals surface area (Å²) in [6.07, 6.45) is -0.445. The average Bonchev–Trinajstić information content (AvgIpc) is 2.36. The maximum atomic E-state index is 11.4. The molecule has 1 aromatic rings. The summed E-state index contributed by atoms with van der Waals surface area (Å²) in [4.78, 5) is 11.4. The lowest BCUT2D eigenvalue weighted by molar-refractivity contribution is 0.0494.